The lowest BCUT2D eigenvalue weighted by Crippen LogP contribution is -2.22. The van der Waals surface area contributed by atoms with E-state index in [1.807, 2.05) is 4.98 Å². The van der Waals surface area contributed by atoms with Crippen LogP contribution in [0.25, 0.3) is 0 Å². The van der Waals surface area contributed by atoms with Crippen molar-refractivity contribution in [3.8, 4) is 0 Å². The highest BCUT2D eigenvalue weighted by Gasteiger charge is 2.31. The first-order chi connectivity index (χ1) is 10.3. The van der Waals surface area contributed by atoms with Gasteiger partial charge in [0.15, 0.2) is 0 Å². The molecule has 0 spiro atoms. The molecule has 0 saturated heterocycles. The molecule has 0 saturated carbocycles. The summed E-state index contributed by atoms with van der Waals surface area (Å²) in [6, 6.07) is 0.576. The van der Waals surface area contributed by atoms with Crippen LogP contribution in [0.4, 0.5) is 18.9 Å². The number of rotatable bonds is 3. The number of nitrogens with one attached hydrogen (secondary N) is 2. The van der Waals surface area contributed by atoms with E-state index in [1.54, 1.807) is 6.92 Å². The molecule has 0 fully saturated rings. The van der Waals surface area contributed by atoms with E-state index in [9.17, 15) is 22.8 Å². The number of alkyl halides is 3. The van der Waals surface area contributed by atoms with Crippen LogP contribution in [0.5, 0.6) is 0 Å². The number of H-pyrrole nitrogens is 1. The van der Waals surface area contributed by atoms with Crippen LogP contribution < -0.4 is 10.9 Å². The highest BCUT2D eigenvalue weighted by molar-refractivity contribution is 6.04. The summed E-state index contributed by atoms with van der Waals surface area (Å²) in [6.45, 7) is 1.76. The van der Waals surface area contributed by atoms with Crippen LogP contribution in [-0.2, 0) is 12.6 Å². The summed E-state index contributed by atoms with van der Waals surface area (Å²) in [5, 5.41) is 2.15. The lowest BCUT2D eigenvalue weighted by atomic mass is 10.1. The number of anilines is 1. The minimum atomic E-state index is -4.63. The predicted octanol–water partition coefficient (Wildman–Crippen LogP) is 2.00. The molecule has 0 aliphatic rings. The van der Waals surface area contributed by atoms with Gasteiger partial charge in [0, 0.05) is 12.4 Å². The van der Waals surface area contributed by atoms with Gasteiger partial charge >= 0.3 is 6.18 Å². The maximum absolute atomic E-state index is 12.6. The number of halogens is 3. The summed E-state index contributed by atoms with van der Waals surface area (Å²) in [6.07, 6.45) is -1.16. The molecule has 0 unspecified atom stereocenters. The van der Waals surface area contributed by atoms with Gasteiger partial charge in [0.2, 0.25) is 0 Å². The van der Waals surface area contributed by atoms with Gasteiger partial charge in [0.1, 0.15) is 12.0 Å². The molecule has 0 aliphatic heterocycles. The van der Waals surface area contributed by atoms with Crippen LogP contribution in [0.15, 0.2) is 29.6 Å². The Balaban J connectivity index is 2.34. The van der Waals surface area contributed by atoms with Crippen molar-refractivity contribution in [2.75, 3.05) is 5.32 Å². The summed E-state index contributed by atoms with van der Waals surface area (Å²) in [7, 11) is 0. The lowest BCUT2D eigenvalue weighted by Gasteiger charge is -2.10. The average molecular weight is 312 g/mol. The van der Waals surface area contributed by atoms with Gasteiger partial charge in [-0.2, -0.15) is 13.2 Å². The number of carbonyl (C=O) groups is 1. The number of nitrogens with zero attached hydrogens (tertiary/aromatic N) is 2. The van der Waals surface area contributed by atoms with Gasteiger partial charge in [-0.05, 0) is 12.5 Å². The van der Waals surface area contributed by atoms with E-state index in [2.05, 4.69) is 15.3 Å². The van der Waals surface area contributed by atoms with Gasteiger partial charge in [-0.3, -0.25) is 9.59 Å². The third-order valence-electron chi connectivity index (χ3n) is 2.85. The zero-order chi connectivity index (χ0) is 16.3. The van der Waals surface area contributed by atoms with Crippen LogP contribution in [-0.4, -0.2) is 20.9 Å². The molecule has 22 heavy (non-hydrogen) atoms. The fourth-order valence-electron chi connectivity index (χ4n) is 1.76. The Morgan fingerprint density at radius 1 is 1.41 bits per heavy atom. The minimum Gasteiger partial charge on any atom is -0.327 e. The van der Waals surface area contributed by atoms with E-state index in [-0.39, 0.29) is 5.56 Å². The van der Waals surface area contributed by atoms with Crippen molar-refractivity contribution in [1.82, 2.24) is 15.0 Å². The highest BCUT2D eigenvalue weighted by atomic mass is 19.4. The van der Waals surface area contributed by atoms with Crippen molar-refractivity contribution in [1.29, 1.82) is 0 Å². The normalized spacial score (nSPS) is 11.3. The molecule has 0 radical (unpaired) electrons. The number of carbonyl (C=O) groups excluding carboxylic acids is 1. The molecule has 1 amide bonds. The third-order valence-corrected chi connectivity index (χ3v) is 2.85. The van der Waals surface area contributed by atoms with Gasteiger partial charge in [-0.1, -0.05) is 6.92 Å². The molecule has 2 aromatic heterocycles. The van der Waals surface area contributed by atoms with Crippen LogP contribution in [0, 0.1) is 0 Å². The number of aryl methyl sites for hydroxylation is 1. The first-order valence-electron chi connectivity index (χ1n) is 6.23. The Labute approximate surface area is 122 Å². The van der Waals surface area contributed by atoms with Gasteiger partial charge in [0.25, 0.3) is 11.5 Å². The van der Waals surface area contributed by atoms with Gasteiger partial charge < -0.3 is 10.3 Å². The van der Waals surface area contributed by atoms with Crippen LogP contribution in [0.3, 0.4) is 0 Å². The molecule has 116 valence electrons. The second-order valence-corrected chi connectivity index (χ2v) is 4.32. The Kier molecular flexibility index (Phi) is 4.25. The van der Waals surface area contributed by atoms with Crippen molar-refractivity contribution in [2.45, 2.75) is 19.5 Å². The Morgan fingerprint density at radius 2 is 2.14 bits per heavy atom. The molecule has 0 atom stereocenters. The van der Waals surface area contributed by atoms with E-state index in [0.717, 1.165) is 0 Å². The summed E-state index contributed by atoms with van der Waals surface area (Å²) in [5.74, 6) is -0.748. The monoisotopic (exact) mass is 312 g/mol. The van der Waals surface area contributed by atoms with Crippen molar-refractivity contribution >= 4 is 11.6 Å². The first-order valence-corrected chi connectivity index (χ1v) is 6.23. The van der Waals surface area contributed by atoms with E-state index < -0.39 is 28.9 Å². The van der Waals surface area contributed by atoms with Crippen molar-refractivity contribution in [3.05, 3.63) is 52.0 Å². The van der Waals surface area contributed by atoms with Gasteiger partial charge in [-0.15, -0.1) is 0 Å². The van der Waals surface area contributed by atoms with Crippen LogP contribution in [0.1, 0.15) is 28.5 Å². The molecule has 0 bridgehead atoms. The number of aromatic nitrogens is 3. The molecule has 2 N–H and O–H groups in total. The van der Waals surface area contributed by atoms with Gasteiger partial charge in [0.05, 0.1) is 16.8 Å². The molecule has 2 rings (SSSR count). The first kappa shape index (κ1) is 15.7. The fraction of sp³-hybridized carbons (Fsp3) is 0.231. The highest BCUT2D eigenvalue weighted by Crippen LogP contribution is 2.29. The molecular weight excluding hydrogens is 301 g/mol. The topological polar surface area (TPSA) is 87.7 Å². The zero-order valence-electron chi connectivity index (χ0n) is 11.4. The minimum absolute atomic E-state index is 0.0989. The summed E-state index contributed by atoms with van der Waals surface area (Å²) < 4.78 is 37.9. The molecule has 6 nitrogen and oxygen atoms in total. The van der Waals surface area contributed by atoms with Crippen molar-refractivity contribution in [2.24, 2.45) is 0 Å². The number of aromatic amines is 1. The quantitative estimate of drug-likeness (QED) is 0.907. The Hall–Kier alpha value is -2.71. The van der Waals surface area contributed by atoms with Gasteiger partial charge in [-0.25, -0.2) is 9.97 Å². The maximum Gasteiger partial charge on any atom is 0.417 e. The second kappa shape index (κ2) is 5.96. The summed E-state index contributed by atoms with van der Waals surface area (Å²) >= 11 is 0. The third kappa shape index (κ3) is 3.30. The van der Waals surface area contributed by atoms with Crippen molar-refractivity contribution < 1.29 is 18.0 Å². The molecule has 9 heteroatoms. The standard InChI is InChI=1S/C13H11F3N4O2/c1-2-9-8(5-17-6-19-9)11(21)20-10-3-7(13(14,15)16)4-18-12(10)22/h3-6H,2H2,1H3,(H,18,22)(H,20,21). The predicted molar refractivity (Wildman–Crippen MR) is 71.4 cm³/mol. The average Bonchev–Trinajstić information content (AvgIpc) is 2.48. The fourth-order valence-corrected chi connectivity index (χ4v) is 1.76. The zero-order valence-corrected chi connectivity index (χ0v) is 11.4. The number of amides is 1. The molecule has 0 aliphatic carbocycles. The largest absolute Gasteiger partial charge is 0.417 e. The number of pyridine rings is 1. The Morgan fingerprint density at radius 3 is 2.77 bits per heavy atom. The smallest absolute Gasteiger partial charge is 0.327 e. The molecule has 2 aromatic rings. The Bertz CT molecular complexity index is 755. The molecular formula is C13H11F3N4O2. The lowest BCUT2D eigenvalue weighted by molar-refractivity contribution is -0.137. The number of hydrogen-bond donors (Lipinski definition) is 2. The maximum atomic E-state index is 12.6. The SMILES string of the molecule is CCc1ncncc1C(=O)Nc1cc(C(F)(F)F)c[nH]c1=O. The van der Waals surface area contributed by atoms with E-state index in [0.29, 0.717) is 24.4 Å². The van der Waals surface area contributed by atoms with E-state index in [4.69, 9.17) is 0 Å². The van der Waals surface area contributed by atoms with Crippen molar-refractivity contribution in [3.63, 3.8) is 0 Å². The summed E-state index contributed by atoms with van der Waals surface area (Å²) in [4.78, 5) is 33.2. The molecule has 2 heterocycles. The summed E-state index contributed by atoms with van der Waals surface area (Å²) in [5.41, 5.74) is -1.87. The van der Waals surface area contributed by atoms with E-state index in [1.165, 1.54) is 12.5 Å². The second-order valence-electron chi connectivity index (χ2n) is 4.32. The molecule has 0 aromatic carbocycles. The van der Waals surface area contributed by atoms with Crippen LogP contribution in [0.2, 0.25) is 0 Å². The number of hydrogen-bond acceptors (Lipinski definition) is 4. The van der Waals surface area contributed by atoms with Crippen LogP contribution >= 0.6 is 0 Å². The van der Waals surface area contributed by atoms with E-state index >= 15 is 0 Å².